The van der Waals surface area contributed by atoms with E-state index in [4.69, 9.17) is 4.74 Å². The van der Waals surface area contributed by atoms with Crippen LogP contribution in [0.1, 0.15) is 9.67 Å². The van der Waals surface area contributed by atoms with E-state index >= 15 is 0 Å². The number of carbonyl (C=O) groups is 1. The first kappa shape index (κ1) is 8.99. The van der Waals surface area contributed by atoms with Crippen LogP contribution in [0.4, 0.5) is 5.82 Å². The summed E-state index contributed by atoms with van der Waals surface area (Å²) in [5.41, 5.74) is 0. The number of methoxy groups -OCH3 is 1. The van der Waals surface area contributed by atoms with E-state index in [1.165, 1.54) is 18.4 Å². The molecule has 0 unspecified atom stereocenters. The minimum atomic E-state index is 0.515. The van der Waals surface area contributed by atoms with E-state index in [2.05, 4.69) is 4.98 Å². The van der Waals surface area contributed by atoms with Gasteiger partial charge in [0.15, 0.2) is 12.1 Å². The van der Waals surface area contributed by atoms with Gasteiger partial charge in [-0.2, -0.15) is 4.98 Å². The van der Waals surface area contributed by atoms with E-state index in [1.807, 2.05) is 14.1 Å². The minimum Gasteiger partial charge on any atom is -0.473 e. The molecule has 5 heteroatoms. The van der Waals surface area contributed by atoms with Crippen molar-refractivity contribution in [3.63, 3.8) is 0 Å². The van der Waals surface area contributed by atoms with Crippen LogP contribution in [0.25, 0.3) is 0 Å². The molecule has 0 atom stereocenters. The Morgan fingerprint density at radius 3 is 2.58 bits per heavy atom. The third-order valence-electron chi connectivity index (χ3n) is 1.32. The number of carbonyl (C=O) groups excluding carboxylic acids is 1. The molecular formula is C7H10N2O2S. The van der Waals surface area contributed by atoms with Crippen molar-refractivity contribution < 1.29 is 9.53 Å². The summed E-state index contributed by atoms with van der Waals surface area (Å²) in [4.78, 5) is 17.0. The highest BCUT2D eigenvalue weighted by Gasteiger charge is 2.11. The molecule has 0 aromatic carbocycles. The van der Waals surface area contributed by atoms with Crippen LogP contribution in [0.3, 0.4) is 0 Å². The maximum atomic E-state index is 10.5. The number of ether oxygens (including phenoxy) is 1. The second kappa shape index (κ2) is 3.53. The Balaban J connectivity index is 3.08. The Hall–Kier alpha value is -1.10. The highest BCUT2D eigenvalue weighted by Crippen LogP contribution is 2.28. The number of hydrogen-bond donors (Lipinski definition) is 0. The number of thiazole rings is 1. The standard InChI is InChI=1S/C7H10N2O2S/c1-9(2)6-5(4-10)12-7(8-6)11-3/h4H,1-3H3. The highest BCUT2D eigenvalue weighted by molar-refractivity contribution is 7.15. The van der Waals surface area contributed by atoms with Gasteiger partial charge in [0.1, 0.15) is 4.88 Å². The lowest BCUT2D eigenvalue weighted by atomic mass is 10.5. The molecule has 0 N–H and O–H groups in total. The van der Waals surface area contributed by atoms with Gasteiger partial charge >= 0.3 is 0 Å². The van der Waals surface area contributed by atoms with Crippen LogP contribution in [-0.4, -0.2) is 32.5 Å². The van der Waals surface area contributed by atoms with Crippen molar-refractivity contribution in [2.45, 2.75) is 0 Å². The number of hydrogen-bond acceptors (Lipinski definition) is 5. The van der Waals surface area contributed by atoms with Gasteiger partial charge in [-0.25, -0.2) is 0 Å². The summed E-state index contributed by atoms with van der Waals surface area (Å²) in [6.45, 7) is 0. The lowest BCUT2D eigenvalue weighted by Gasteiger charge is -2.07. The molecule has 0 radical (unpaired) electrons. The van der Waals surface area contributed by atoms with Gasteiger partial charge in [-0.1, -0.05) is 11.3 Å². The number of nitrogens with zero attached hydrogens (tertiary/aromatic N) is 2. The summed E-state index contributed by atoms with van der Waals surface area (Å²) in [5, 5.41) is 0.515. The number of aromatic nitrogens is 1. The molecule has 0 spiro atoms. The topological polar surface area (TPSA) is 42.4 Å². The largest absolute Gasteiger partial charge is 0.473 e. The molecular weight excluding hydrogens is 176 g/mol. The van der Waals surface area contributed by atoms with E-state index in [9.17, 15) is 4.79 Å². The third kappa shape index (κ3) is 1.55. The van der Waals surface area contributed by atoms with Gasteiger partial charge < -0.3 is 9.64 Å². The van der Waals surface area contributed by atoms with Crippen molar-refractivity contribution in [3.8, 4) is 5.19 Å². The molecule has 0 saturated carbocycles. The summed E-state index contributed by atoms with van der Waals surface area (Å²) < 4.78 is 4.91. The van der Waals surface area contributed by atoms with Gasteiger partial charge in [0, 0.05) is 14.1 Å². The van der Waals surface area contributed by atoms with E-state index in [0.29, 0.717) is 15.9 Å². The molecule has 66 valence electrons. The summed E-state index contributed by atoms with van der Waals surface area (Å²) in [7, 11) is 5.20. The Labute approximate surface area is 74.8 Å². The molecule has 0 aliphatic carbocycles. The number of anilines is 1. The van der Waals surface area contributed by atoms with E-state index in [0.717, 1.165) is 6.29 Å². The average Bonchev–Trinajstić information content (AvgIpc) is 2.47. The molecule has 1 aromatic heterocycles. The normalized spacial score (nSPS) is 9.58. The predicted octanol–water partition coefficient (Wildman–Crippen LogP) is 1.03. The Morgan fingerprint density at radius 1 is 1.58 bits per heavy atom. The quantitative estimate of drug-likeness (QED) is 0.661. The summed E-state index contributed by atoms with van der Waals surface area (Å²) in [6, 6.07) is 0. The van der Waals surface area contributed by atoms with Crippen molar-refractivity contribution in [1.82, 2.24) is 4.98 Å². The second-order valence-corrected chi connectivity index (χ2v) is 3.38. The SMILES string of the molecule is COc1nc(N(C)C)c(C=O)s1. The zero-order valence-corrected chi connectivity index (χ0v) is 8.01. The molecule has 0 amide bonds. The third-order valence-corrected chi connectivity index (χ3v) is 2.25. The van der Waals surface area contributed by atoms with Crippen molar-refractivity contribution in [2.24, 2.45) is 0 Å². The average molecular weight is 186 g/mol. The molecule has 1 rings (SSSR count). The van der Waals surface area contributed by atoms with Crippen LogP contribution in [-0.2, 0) is 0 Å². The van der Waals surface area contributed by atoms with Gasteiger partial charge in [0.25, 0.3) is 5.19 Å². The molecule has 4 nitrogen and oxygen atoms in total. The summed E-state index contributed by atoms with van der Waals surface area (Å²) in [6.07, 6.45) is 0.787. The molecule has 1 heterocycles. The summed E-state index contributed by atoms with van der Waals surface area (Å²) in [5.74, 6) is 0.659. The first-order valence-electron chi connectivity index (χ1n) is 3.36. The fraction of sp³-hybridized carbons (Fsp3) is 0.429. The fourth-order valence-corrected chi connectivity index (χ4v) is 1.56. The maximum Gasteiger partial charge on any atom is 0.275 e. The first-order chi connectivity index (χ1) is 5.69. The van der Waals surface area contributed by atoms with Crippen LogP contribution < -0.4 is 9.64 Å². The van der Waals surface area contributed by atoms with Gasteiger partial charge in [-0.3, -0.25) is 4.79 Å². The predicted molar refractivity (Wildman–Crippen MR) is 48.4 cm³/mol. The maximum absolute atomic E-state index is 10.5. The number of aldehydes is 1. The minimum absolute atomic E-state index is 0.515. The fourth-order valence-electron chi connectivity index (χ4n) is 0.789. The molecule has 0 aliphatic rings. The van der Waals surface area contributed by atoms with Gasteiger partial charge in [-0.15, -0.1) is 0 Å². The summed E-state index contributed by atoms with van der Waals surface area (Å²) >= 11 is 1.24. The Kier molecular flexibility index (Phi) is 2.65. The second-order valence-electron chi connectivity index (χ2n) is 2.38. The zero-order valence-electron chi connectivity index (χ0n) is 7.20. The highest BCUT2D eigenvalue weighted by atomic mass is 32.1. The molecule has 0 bridgehead atoms. The van der Waals surface area contributed by atoms with Crippen LogP contribution in [0, 0.1) is 0 Å². The van der Waals surface area contributed by atoms with Crippen LogP contribution in [0.15, 0.2) is 0 Å². The Bertz CT molecular complexity index is 283. The van der Waals surface area contributed by atoms with Crippen LogP contribution >= 0.6 is 11.3 Å². The van der Waals surface area contributed by atoms with E-state index < -0.39 is 0 Å². The lowest BCUT2D eigenvalue weighted by Crippen LogP contribution is -2.10. The van der Waals surface area contributed by atoms with E-state index in [1.54, 1.807) is 4.90 Å². The van der Waals surface area contributed by atoms with Gasteiger partial charge in [0.05, 0.1) is 7.11 Å². The van der Waals surface area contributed by atoms with Gasteiger partial charge in [-0.05, 0) is 0 Å². The molecule has 0 aliphatic heterocycles. The van der Waals surface area contributed by atoms with Crippen LogP contribution in [0.5, 0.6) is 5.19 Å². The molecule has 1 aromatic rings. The zero-order chi connectivity index (χ0) is 9.14. The van der Waals surface area contributed by atoms with Gasteiger partial charge in [0.2, 0.25) is 0 Å². The van der Waals surface area contributed by atoms with E-state index in [-0.39, 0.29) is 0 Å². The monoisotopic (exact) mass is 186 g/mol. The van der Waals surface area contributed by atoms with Crippen molar-refractivity contribution in [3.05, 3.63) is 4.88 Å². The van der Waals surface area contributed by atoms with Crippen LogP contribution in [0.2, 0.25) is 0 Å². The molecule has 0 saturated heterocycles. The lowest BCUT2D eigenvalue weighted by molar-refractivity contribution is 0.112. The molecule has 0 fully saturated rings. The van der Waals surface area contributed by atoms with Crippen molar-refractivity contribution >= 4 is 23.4 Å². The first-order valence-corrected chi connectivity index (χ1v) is 4.18. The Morgan fingerprint density at radius 2 is 2.25 bits per heavy atom. The molecule has 12 heavy (non-hydrogen) atoms. The van der Waals surface area contributed by atoms with Crippen molar-refractivity contribution in [1.29, 1.82) is 0 Å². The smallest absolute Gasteiger partial charge is 0.275 e. The number of rotatable bonds is 3. The van der Waals surface area contributed by atoms with Crippen molar-refractivity contribution in [2.75, 3.05) is 26.1 Å².